The van der Waals surface area contributed by atoms with Gasteiger partial charge in [0.25, 0.3) is 5.91 Å². The summed E-state index contributed by atoms with van der Waals surface area (Å²) in [4.78, 5) is 14.2. The number of hydrogen-bond acceptors (Lipinski definition) is 1. The average Bonchev–Trinajstić information content (AvgIpc) is 2.15. The molecule has 0 heterocycles. The van der Waals surface area contributed by atoms with Crippen molar-refractivity contribution in [3.05, 3.63) is 33.8 Å². The fourth-order valence-corrected chi connectivity index (χ4v) is 2.46. The summed E-state index contributed by atoms with van der Waals surface area (Å²) < 4.78 is 0. The number of carbonyl (C=O) groups excluding carboxylic acids is 1. The second kappa shape index (κ2) is 5.74. The van der Waals surface area contributed by atoms with Gasteiger partial charge in [0, 0.05) is 12.1 Å². The van der Waals surface area contributed by atoms with Gasteiger partial charge < -0.3 is 4.90 Å². The summed E-state index contributed by atoms with van der Waals surface area (Å²) in [6.45, 7) is 7.90. The van der Waals surface area contributed by atoms with Crippen LogP contribution < -0.4 is 0 Å². The Kier molecular flexibility index (Phi) is 4.84. The van der Waals surface area contributed by atoms with Crippen molar-refractivity contribution >= 4 is 29.1 Å². The van der Waals surface area contributed by atoms with E-state index in [1.165, 1.54) is 0 Å². The van der Waals surface area contributed by atoms with Crippen LogP contribution in [-0.4, -0.2) is 22.9 Å². The van der Waals surface area contributed by atoms with Crippen LogP contribution in [0.25, 0.3) is 0 Å². The van der Waals surface area contributed by atoms with Gasteiger partial charge in [-0.05, 0) is 39.8 Å². The highest BCUT2D eigenvalue weighted by Gasteiger charge is 2.25. The van der Waals surface area contributed by atoms with Crippen molar-refractivity contribution in [2.45, 2.75) is 39.8 Å². The van der Waals surface area contributed by atoms with Crippen molar-refractivity contribution in [2.75, 3.05) is 0 Å². The maximum atomic E-state index is 12.4. The molecule has 0 atom stereocenters. The molecule has 1 aromatic carbocycles. The van der Waals surface area contributed by atoms with Crippen molar-refractivity contribution in [3.63, 3.8) is 0 Å². The predicted octanol–water partition coefficient (Wildman–Crippen LogP) is 4.25. The zero-order chi connectivity index (χ0) is 13.2. The van der Waals surface area contributed by atoms with Gasteiger partial charge in [-0.3, -0.25) is 4.79 Å². The van der Waals surface area contributed by atoms with E-state index in [1.54, 1.807) is 23.1 Å². The van der Waals surface area contributed by atoms with E-state index in [2.05, 4.69) is 0 Å². The quantitative estimate of drug-likeness (QED) is 0.806. The summed E-state index contributed by atoms with van der Waals surface area (Å²) in [5.41, 5.74) is 0.387. The van der Waals surface area contributed by atoms with Gasteiger partial charge in [0.05, 0.1) is 15.6 Å². The van der Waals surface area contributed by atoms with Gasteiger partial charge in [-0.25, -0.2) is 0 Å². The van der Waals surface area contributed by atoms with E-state index >= 15 is 0 Å². The summed E-state index contributed by atoms with van der Waals surface area (Å²) in [5.74, 6) is -0.120. The molecule has 0 radical (unpaired) electrons. The number of rotatable bonds is 3. The van der Waals surface area contributed by atoms with Crippen LogP contribution in [0.15, 0.2) is 18.2 Å². The van der Waals surface area contributed by atoms with E-state index in [4.69, 9.17) is 23.2 Å². The Balaban J connectivity index is 3.19. The standard InChI is InChI=1S/C13H17Cl2NO/c1-8(2)16(9(3)4)13(17)12-10(14)6-5-7-11(12)15/h5-9H,1-4H3. The molecule has 0 aromatic heterocycles. The first-order chi connectivity index (χ1) is 7.86. The smallest absolute Gasteiger partial charge is 0.257 e. The fourth-order valence-electron chi connectivity index (χ4n) is 1.90. The molecule has 0 saturated heterocycles. The highest BCUT2D eigenvalue weighted by molar-refractivity contribution is 6.39. The van der Waals surface area contributed by atoms with Crippen LogP contribution in [0.5, 0.6) is 0 Å². The Bertz CT molecular complexity index is 388. The van der Waals surface area contributed by atoms with Gasteiger partial charge in [-0.15, -0.1) is 0 Å². The lowest BCUT2D eigenvalue weighted by atomic mass is 10.1. The Morgan fingerprint density at radius 1 is 1.06 bits per heavy atom. The highest BCUT2D eigenvalue weighted by Crippen LogP contribution is 2.27. The summed E-state index contributed by atoms with van der Waals surface area (Å²) in [6, 6.07) is 5.31. The van der Waals surface area contributed by atoms with Crippen LogP contribution in [0.2, 0.25) is 10.0 Å². The van der Waals surface area contributed by atoms with Gasteiger partial charge >= 0.3 is 0 Å². The summed E-state index contributed by atoms with van der Waals surface area (Å²) in [5, 5.41) is 0.794. The van der Waals surface area contributed by atoms with Crippen LogP contribution in [0.4, 0.5) is 0 Å². The third-order valence-electron chi connectivity index (χ3n) is 2.52. The van der Waals surface area contributed by atoms with Crippen LogP contribution in [0.3, 0.4) is 0 Å². The lowest BCUT2D eigenvalue weighted by Crippen LogP contribution is -2.42. The highest BCUT2D eigenvalue weighted by atomic mass is 35.5. The molecule has 94 valence electrons. The predicted molar refractivity (Wildman–Crippen MR) is 72.9 cm³/mol. The molecule has 0 fully saturated rings. The first-order valence-electron chi connectivity index (χ1n) is 5.63. The summed E-state index contributed by atoms with van der Waals surface area (Å²) in [7, 11) is 0. The molecule has 2 nitrogen and oxygen atoms in total. The minimum Gasteiger partial charge on any atom is -0.334 e. The molecule has 1 rings (SSSR count). The topological polar surface area (TPSA) is 20.3 Å². The Morgan fingerprint density at radius 3 is 1.82 bits per heavy atom. The van der Waals surface area contributed by atoms with Gasteiger partial charge in [-0.2, -0.15) is 0 Å². The zero-order valence-corrected chi connectivity index (χ0v) is 12.0. The Hall–Kier alpha value is -0.730. The molecule has 4 heteroatoms. The minimum atomic E-state index is -0.120. The Labute approximate surface area is 113 Å². The first kappa shape index (κ1) is 14.3. The zero-order valence-electron chi connectivity index (χ0n) is 10.5. The molecule has 0 aliphatic heterocycles. The van der Waals surface area contributed by atoms with Crippen molar-refractivity contribution < 1.29 is 4.79 Å². The number of nitrogens with zero attached hydrogens (tertiary/aromatic N) is 1. The number of carbonyl (C=O) groups is 1. The van der Waals surface area contributed by atoms with Gasteiger partial charge in [0.2, 0.25) is 0 Å². The molecule has 17 heavy (non-hydrogen) atoms. The van der Waals surface area contributed by atoms with E-state index < -0.39 is 0 Å². The van der Waals surface area contributed by atoms with Crippen LogP contribution in [0.1, 0.15) is 38.1 Å². The number of benzene rings is 1. The second-order valence-corrected chi connectivity index (χ2v) is 5.31. The summed E-state index contributed by atoms with van der Waals surface area (Å²) in [6.07, 6.45) is 0. The third kappa shape index (κ3) is 3.14. The largest absolute Gasteiger partial charge is 0.334 e. The maximum Gasteiger partial charge on any atom is 0.257 e. The number of hydrogen-bond donors (Lipinski definition) is 0. The molecule has 0 aliphatic rings. The monoisotopic (exact) mass is 273 g/mol. The van der Waals surface area contributed by atoms with Gasteiger partial charge in [-0.1, -0.05) is 29.3 Å². The van der Waals surface area contributed by atoms with E-state index in [9.17, 15) is 4.79 Å². The maximum absolute atomic E-state index is 12.4. The van der Waals surface area contributed by atoms with E-state index in [0.29, 0.717) is 15.6 Å². The van der Waals surface area contributed by atoms with E-state index in [0.717, 1.165) is 0 Å². The molecule has 0 N–H and O–H groups in total. The van der Waals surface area contributed by atoms with Crippen LogP contribution in [0, 0.1) is 0 Å². The molecule has 1 amide bonds. The van der Waals surface area contributed by atoms with Crippen molar-refractivity contribution in [2.24, 2.45) is 0 Å². The Morgan fingerprint density at radius 2 is 1.47 bits per heavy atom. The van der Waals surface area contributed by atoms with Crippen molar-refractivity contribution in [1.29, 1.82) is 0 Å². The van der Waals surface area contributed by atoms with Crippen molar-refractivity contribution in [3.8, 4) is 0 Å². The second-order valence-electron chi connectivity index (χ2n) is 4.50. The number of amides is 1. The van der Waals surface area contributed by atoms with E-state index in [-0.39, 0.29) is 18.0 Å². The van der Waals surface area contributed by atoms with Gasteiger partial charge in [0.1, 0.15) is 0 Å². The number of halogens is 2. The molecule has 0 saturated carbocycles. The molecule has 0 bridgehead atoms. The molecule has 1 aromatic rings. The minimum absolute atomic E-state index is 0.106. The molecular weight excluding hydrogens is 257 g/mol. The molecule has 0 aliphatic carbocycles. The lowest BCUT2D eigenvalue weighted by molar-refractivity contribution is 0.0644. The normalized spacial score (nSPS) is 11.1. The SMILES string of the molecule is CC(C)N(C(=O)c1c(Cl)cccc1Cl)C(C)C. The lowest BCUT2D eigenvalue weighted by Gasteiger charge is -2.31. The van der Waals surface area contributed by atoms with Gasteiger partial charge in [0.15, 0.2) is 0 Å². The van der Waals surface area contributed by atoms with Crippen LogP contribution >= 0.6 is 23.2 Å². The van der Waals surface area contributed by atoms with E-state index in [1.807, 2.05) is 27.7 Å². The average molecular weight is 274 g/mol. The van der Waals surface area contributed by atoms with Crippen molar-refractivity contribution in [1.82, 2.24) is 4.90 Å². The third-order valence-corrected chi connectivity index (χ3v) is 3.15. The summed E-state index contributed by atoms with van der Waals surface area (Å²) >= 11 is 12.1. The molecular formula is C13H17Cl2NO. The van der Waals surface area contributed by atoms with Crippen LogP contribution in [-0.2, 0) is 0 Å². The molecule has 0 spiro atoms. The fraction of sp³-hybridized carbons (Fsp3) is 0.462. The molecule has 0 unspecified atom stereocenters. The first-order valence-corrected chi connectivity index (χ1v) is 6.38.